The van der Waals surface area contributed by atoms with Crippen LogP contribution < -0.4 is 14.8 Å². The molecule has 10 heteroatoms. The number of ether oxygens (including phenoxy) is 2. The summed E-state index contributed by atoms with van der Waals surface area (Å²) in [5, 5.41) is 3.28. The first-order valence-electron chi connectivity index (χ1n) is 12.3. The first kappa shape index (κ1) is 26.7. The van der Waals surface area contributed by atoms with Gasteiger partial charge in [-0.1, -0.05) is 17.7 Å². The number of aryl methyl sites for hydroxylation is 1. The molecule has 36 heavy (non-hydrogen) atoms. The van der Waals surface area contributed by atoms with E-state index in [1.165, 1.54) is 12.1 Å². The zero-order valence-electron chi connectivity index (χ0n) is 20.3. The van der Waals surface area contributed by atoms with Gasteiger partial charge in [0.1, 0.15) is 18.2 Å². The molecule has 7 nitrogen and oxygen atoms in total. The van der Waals surface area contributed by atoms with Gasteiger partial charge in [-0.3, -0.25) is 0 Å². The fourth-order valence-corrected chi connectivity index (χ4v) is 6.43. The summed E-state index contributed by atoms with van der Waals surface area (Å²) in [5.74, 6) is 0.493. The van der Waals surface area contributed by atoms with Crippen molar-refractivity contribution in [3.8, 4) is 5.75 Å². The van der Waals surface area contributed by atoms with Gasteiger partial charge in [-0.15, -0.1) is 0 Å². The van der Waals surface area contributed by atoms with Gasteiger partial charge < -0.3 is 14.8 Å². The molecule has 2 aliphatic rings. The highest BCUT2D eigenvalue weighted by atomic mass is 35.5. The van der Waals surface area contributed by atoms with Gasteiger partial charge in [-0.2, -0.15) is 0 Å². The van der Waals surface area contributed by atoms with Crippen molar-refractivity contribution in [2.24, 2.45) is 5.92 Å². The van der Waals surface area contributed by atoms with E-state index in [2.05, 4.69) is 10.0 Å². The number of nitrogens with one attached hydrogen (secondary N) is 2. The summed E-state index contributed by atoms with van der Waals surface area (Å²) >= 11 is 6.09. The number of carbonyl (C=O) groups is 1. The number of sulfonamides is 1. The van der Waals surface area contributed by atoms with Gasteiger partial charge in [-0.25, -0.2) is 22.3 Å². The van der Waals surface area contributed by atoms with E-state index in [4.69, 9.17) is 21.1 Å². The van der Waals surface area contributed by atoms with Gasteiger partial charge in [0.05, 0.1) is 12.4 Å². The van der Waals surface area contributed by atoms with E-state index >= 15 is 0 Å². The van der Waals surface area contributed by atoms with Crippen LogP contribution in [0.2, 0.25) is 5.02 Å². The fraction of sp³-hybridized carbons (Fsp3) is 0.500. The molecule has 0 aromatic heterocycles. The number of hydrogen-bond acceptors (Lipinski definition) is 5. The molecule has 1 fully saturated rings. The highest BCUT2D eigenvalue weighted by Crippen LogP contribution is 2.37. The van der Waals surface area contributed by atoms with Crippen molar-refractivity contribution in [3.05, 3.63) is 63.9 Å². The molecule has 2 aromatic rings. The van der Waals surface area contributed by atoms with Gasteiger partial charge in [0, 0.05) is 23.5 Å². The number of alkyl carbamates (subject to hydrolysis) is 1. The molecule has 4 rings (SSSR count). The molecule has 196 valence electrons. The summed E-state index contributed by atoms with van der Waals surface area (Å²) < 4.78 is 51.7. The standard InChI is InChI=1S/C26H32ClFN2O5S/c1-2-34-26(31)30-25-8-6-19-5-7-22(35-10-9-29-36(32,33)16-17-3-4-17)15-23(19)24(25)13-18-11-20(27)14-21(28)12-18/h5,7,11-12,14-15,17,24-25,29H,2-4,6,8-10,13,16H2,1H3,(H,30,31). The van der Waals surface area contributed by atoms with Crippen molar-refractivity contribution in [3.63, 3.8) is 0 Å². The maximum atomic E-state index is 14.0. The topological polar surface area (TPSA) is 93.7 Å². The van der Waals surface area contributed by atoms with Crippen molar-refractivity contribution < 1.29 is 27.1 Å². The van der Waals surface area contributed by atoms with Crippen LogP contribution in [0.4, 0.5) is 9.18 Å². The van der Waals surface area contributed by atoms with E-state index < -0.39 is 21.9 Å². The molecule has 2 N–H and O–H groups in total. The van der Waals surface area contributed by atoms with Gasteiger partial charge in [-0.05, 0) is 92.0 Å². The number of rotatable bonds is 11. The Hall–Kier alpha value is -2.36. The lowest BCUT2D eigenvalue weighted by Crippen LogP contribution is -2.43. The molecule has 1 amide bonds. The van der Waals surface area contributed by atoms with Crippen LogP contribution in [0.1, 0.15) is 48.8 Å². The minimum absolute atomic E-state index is 0.156. The molecular weight excluding hydrogens is 507 g/mol. The first-order valence-corrected chi connectivity index (χ1v) is 14.4. The van der Waals surface area contributed by atoms with Crippen molar-refractivity contribution in [2.45, 2.75) is 51.0 Å². The lowest BCUT2D eigenvalue weighted by atomic mass is 9.76. The third-order valence-corrected chi connectivity index (χ3v) is 8.30. The quantitative estimate of drug-likeness (QED) is 0.409. The third kappa shape index (κ3) is 7.57. The van der Waals surface area contributed by atoms with Crippen LogP contribution in [-0.2, 0) is 27.6 Å². The van der Waals surface area contributed by atoms with Crippen LogP contribution in [0.5, 0.6) is 5.75 Å². The van der Waals surface area contributed by atoms with E-state index in [1.807, 2.05) is 18.2 Å². The Labute approximate surface area is 216 Å². The zero-order chi connectivity index (χ0) is 25.7. The van der Waals surface area contributed by atoms with Crippen LogP contribution in [0.3, 0.4) is 0 Å². The molecule has 2 atom stereocenters. The highest BCUT2D eigenvalue weighted by molar-refractivity contribution is 7.89. The maximum Gasteiger partial charge on any atom is 0.407 e. The van der Waals surface area contributed by atoms with Crippen LogP contribution in [0, 0.1) is 11.7 Å². The molecule has 0 heterocycles. The second-order valence-corrected chi connectivity index (χ2v) is 11.7. The number of benzene rings is 2. The number of amides is 1. The second-order valence-electron chi connectivity index (χ2n) is 9.43. The van der Waals surface area contributed by atoms with Crippen LogP contribution in [0.15, 0.2) is 36.4 Å². The Balaban J connectivity index is 1.49. The summed E-state index contributed by atoms with van der Waals surface area (Å²) in [6.07, 6.45) is 3.39. The molecular formula is C26H32ClFN2O5S. The van der Waals surface area contributed by atoms with Crippen molar-refractivity contribution >= 4 is 27.7 Å². The molecule has 0 aliphatic heterocycles. The largest absolute Gasteiger partial charge is 0.492 e. The maximum absolute atomic E-state index is 14.0. The normalized spacial score (nSPS) is 19.4. The van der Waals surface area contributed by atoms with Crippen molar-refractivity contribution in [1.82, 2.24) is 10.0 Å². The summed E-state index contributed by atoms with van der Waals surface area (Å²) in [4.78, 5) is 12.2. The second kappa shape index (κ2) is 11.8. The van der Waals surface area contributed by atoms with E-state index in [0.717, 1.165) is 36.0 Å². The summed E-state index contributed by atoms with van der Waals surface area (Å²) in [6.45, 7) is 2.39. The van der Waals surface area contributed by atoms with E-state index in [9.17, 15) is 17.6 Å². The number of fused-ring (bicyclic) bond motifs is 1. The molecule has 1 saturated carbocycles. The number of carbonyl (C=O) groups excluding carboxylic acids is 1. The molecule has 2 aliphatic carbocycles. The van der Waals surface area contributed by atoms with E-state index in [0.29, 0.717) is 23.6 Å². The summed E-state index contributed by atoms with van der Waals surface area (Å²) in [5.41, 5.74) is 2.85. The highest BCUT2D eigenvalue weighted by Gasteiger charge is 2.32. The summed E-state index contributed by atoms with van der Waals surface area (Å²) in [6, 6.07) is 10.0. The monoisotopic (exact) mass is 538 g/mol. The average Bonchev–Trinajstić information content (AvgIpc) is 3.61. The first-order chi connectivity index (χ1) is 17.2. The predicted molar refractivity (Wildman–Crippen MR) is 137 cm³/mol. The minimum Gasteiger partial charge on any atom is -0.492 e. The Morgan fingerprint density at radius 2 is 1.97 bits per heavy atom. The van der Waals surface area contributed by atoms with Gasteiger partial charge in [0.2, 0.25) is 10.0 Å². The lowest BCUT2D eigenvalue weighted by Gasteiger charge is -2.34. The van der Waals surface area contributed by atoms with E-state index in [1.54, 1.807) is 13.0 Å². The minimum atomic E-state index is -3.28. The summed E-state index contributed by atoms with van der Waals surface area (Å²) in [7, 11) is -3.28. The zero-order valence-corrected chi connectivity index (χ0v) is 21.8. The van der Waals surface area contributed by atoms with Gasteiger partial charge >= 0.3 is 6.09 Å². The van der Waals surface area contributed by atoms with Crippen molar-refractivity contribution in [1.29, 1.82) is 0 Å². The average molecular weight is 539 g/mol. The van der Waals surface area contributed by atoms with Crippen LogP contribution >= 0.6 is 11.6 Å². The molecule has 0 radical (unpaired) electrons. The number of hydrogen-bond donors (Lipinski definition) is 2. The van der Waals surface area contributed by atoms with E-state index in [-0.39, 0.29) is 43.4 Å². The number of halogens is 2. The smallest absolute Gasteiger partial charge is 0.407 e. The van der Waals surface area contributed by atoms with Crippen LogP contribution in [-0.4, -0.2) is 46.1 Å². The lowest BCUT2D eigenvalue weighted by molar-refractivity contribution is 0.144. The Morgan fingerprint density at radius 1 is 1.17 bits per heavy atom. The molecule has 2 aromatic carbocycles. The van der Waals surface area contributed by atoms with Crippen molar-refractivity contribution in [2.75, 3.05) is 25.5 Å². The fourth-order valence-electron chi connectivity index (χ4n) is 4.72. The Morgan fingerprint density at radius 3 is 2.69 bits per heavy atom. The predicted octanol–water partition coefficient (Wildman–Crippen LogP) is 4.57. The Kier molecular flexibility index (Phi) is 8.74. The third-order valence-electron chi connectivity index (χ3n) is 6.53. The molecule has 0 saturated heterocycles. The molecule has 2 unspecified atom stereocenters. The Bertz CT molecular complexity index is 1170. The van der Waals surface area contributed by atoms with Gasteiger partial charge in [0.25, 0.3) is 0 Å². The van der Waals surface area contributed by atoms with Gasteiger partial charge in [0.15, 0.2) is 0 Å². The molecule has 0 bridgehead atoms. The van der Waals surface area contributed by atoms with Crippen LogP contribution in [0.25, 0.3) is 0 Å². The molecule has 0 spiro atoms. The SMILES string of the molecule is CCOC(=O)NC1CCc2ccc(OCCNS(=O)(=O)CC3CC3)cc2C1Cc1cc(F)cc(Cl)c1.